The van der Waals surface area contributed by atoms with Crippen LogP contribution in [0.5, 0.6) is 0 Å². The number of nitrogens with one attached hydrogen (secondary N) is 1. The molecular weight excluding hydrogens is 241 g/mol. The van der Waals surface area contributed by atoms with Crippen LogP contribution >= 0.6 is 0 Å². The summed E-state index contributed by atoms with van der Waals surface area (Å²) in [5.41, 5.74) is 2.93. The Morgan fingerprint density at radius 3 is 2.89 bits per heavy atom. The Balaban J connectivity index is 2.30. The van der Waals surface area contributed by atoms with E-state index < -0.39 is 0 Å². The second kappa shape index (κ2) is 6.29. The van der Waals surface area contributed by atoms with Crippen molar-refractivity contribution < 1.29 is 4.39 Å². The third-order valence-electron chi connectivity index (χ3n) is 3.01. The molecule has 0 aliphatic carbocycles. The number of aromatic nitrogens is 1. The largest absolute Gasteiger partial charge is 0.343 e. The van der Waals surface area contributed by atoms with Crippen LogP contribution in [0.3, 0.4) is 0 Å². The molecule has 19 heavy (non-hydrogen) atoms. The number of hydrogen-bond acceptors (Lipinski definition) is 3. The molecule has 1 N–H and O–H groups in total. The highest BCUT2D eigenvalue weighted by Crippen LogP contribution is 2.26. The lowest BCUT2D eigenvalue weighted by molar-refractivity contribution is 0.628. The number of rotatable bonds is 5. The third kappa shape index (κ3) is 3.29. The van der Waals surface area contributed by atoms with E-state index in [1.807, 2.05) is 24.1 Å². The van der Waals surface area contributed by atoms with Crippen molar-refractivity contribution in [1.29, 1.82) is 0 Å². The molecule has 1 aromatic heterocycles. The highest BCUT2D eigenvalue weighted by atomic mass is 19.1. The zero-order chi connectivity index (χ0) is 13.7. The first kappa shape index (κ1) is 13.5. The highest BCUT2D eigenvalue weighted by Gasteiger charge is 2.09. The quantitative estimate of drug-likeness (QED) is 0.894. The average Bonchev–Trinajstić information content (AvgIpc) is 2.44. The van der Waals surface area contributed by atoms with Gasteiger partial charge in [-0.2, -0.15) is 0 Å². The van der Waals surface area contributed by atoms with Gasteiger partial charge in [-0.25, -0.2) is 4.39 Å². The SMILES string of the molecule is CCNCc1ccncc1N(C)c1cccc(F)c1. The van der Waals surface area contributed by atoms with Crippen molar-refractivity contribution in [3.63, 3.8) is 0 Å². The van der Waals surface area contributed by atoms with Crippen molar-refractivity contribution in [3.8, 4) is 0 Å². The monoisotopic (exact) mass is 259 g/mol. The van der Waals surface area contributed by atoms with Crippen molar-refractivity contribution in [1.82, 2.24) is 10.3 Å². The predicted molar refractivity (Wildman–Crippen MR) is 76.1 cm³/mol. The maximum atomic E-state index is 13.3. The van der Waals surface area contributed by atoms with Crippen LogP contribution in [-0.2, 0) is 6.54 Å². The van der Waals surface area contributed by atoms with Gasteiger partial charge in [-0.05, 0) is 36.4 Å². The molecule has 0 aliphatic rings. The van der Waals surface area contributed by atoms with Crippen molar-refractivity contribution in [2.24, 2.45) is 0 Å². The Morgan fingerprint density at radius 1 is 1.32 bits per heavy atom. The van der Waals surface area contributed by atoms with Crippen LogP contribution in [0.25, 0.3) is 0 Å². The fraction of sp³-hybridized carbons (Fsp3) is 0.267. The number of halogens is 1. The minimum Gasteiger partial charge on any atom is -0.343 e. The Bertz CT molecular complexity index is 542. The molecule has 1 heterocycles. The summed E-state index contributed by atoms with van der Waals surface area (Å²) >= 11 is 0. The molecule has 1 aromatic carbocycles. The van der Waals surface area contributed by atoms with E-state index in [1.54, 1.807) is 18.5 Å². The van der Waals surface area contributed by atoms with Gasteiger partial charge in [0.2, 0.25) is 0 Å². The lowest BCUT2D eigenvalue weighted by Gasteiger charge is -2.22. The van der Waals surface area contributed by atoms with Gasteiger partial charge in [-0.15, -0.1) is 0 Å². The molecule has 0 bridgehead atoms. The van der Waals surface area contributed by atoms with E-state index in [-0.39, 0.29) is 5.82 Å². The number of pyridine rings is 1. The molecule has 0 radical (unpaired) electrons. The molecule has 0 amide bonds. The zero-order valence-corrected chi connectivity index (χ0v) is 11.2. The summed E-state index contributed by atoms with van der Waals surface area (Å²) in [5.74, 6) is -0.235. The zero-order valence-electron chi connectivity index (χ0n) is 11.2. The van der Waals surface area contributed by atoms with E-state index in [2.05, 4.69) is 17.2 Å². The molecule has 2 aromatic rings. The van der Waals surface area contributed by atoms with Gasteiger partial charge >= 0.3 is 0 Å². The summed E-state index contributed by atoms with van der Waals surface area (Å²) in [7, 11) is 1.92. The van der Waals surface area contributed by atoms with Crippen LogP contribution < -0.4 is 10.2 Å². The molecule has 0 unspecified atom stereocenters. The van der Waals surface area contributed by atoms with Crippen LogP contribution in [0, 0.1) is 5.82 Å². The molecular formula is C15H18FN3. The molecule has 0 fully saturated rings. The van der Waals surface area contributed by atoms with E-state index in [0.717, 1.165) is 30.0 Å². The minimum absolute atomic E-state index is 0.235. The highest BCUT2D eigenvalue weighted by molar-refractivity contribution is 5.64. The third-order valence-corrected chi connectivity index (χ3v) is 3.01. The van der Waals surface area contributed by atoms with E-state index in [1.165, 1.54) is 12.1 Å². The predicted octanol–water partition coefficient (Wildman–Crippen LogP) is 3.10. The van der Waals surface area contributed by atoms with Gasteiger partial charge in [0.25, 0.3) is 0 Å². The molecule has 2 rings (SSSR count). The van der Waals surface area contributed by atoms with Gasteiger partial charge < -0.3 is 10.2 Å². The molecule has 0 spiro atoms. The summed E-state index contributed by atoms with van der Waals surface area (Å²) < 4.78 is 13.3. The molecule has 3 nitrogen and oxygen atoms in total. The molecule has 0 atom stereocenters. The van der Waals surface area contributed by atoms with E-state index in [4.69, 9.17) is 0 Å². The van der Waals surface area contributed by atoms with Gasteiger partial charge in [-0.3, -0.25) is 4.98 Å². The van der Waals surface area contributed by atoms with Crippen molar-refractivity contribution in [2.45, 2.75) is 13.5 Å². The first-order valence-corrected chi connectivity index (χ1v) is 6.35. The smallest absolute Gasteiger partial charge is 0.125 e. The number of hydrogen-bond donors (Lipinski definition) is 1. The fourth-order valence-corrected chi connectivity index (χ4v) is 1.95. The molecule has 0 saturated carbocycles. The maximum absolute atomic E-state index is 13.3. The maximum Gasteiger partial charge on any atom is 0.125 e. The molecule has 100 valence electrons. The van der Waals surface area contributed by atoms with Gasteiger partial charge in [0.05, 0.1) is 11.9 Å². The topological polar surface area (TPSA) is 28.2 Å². The lowest BCUT2D eigenvalue weighted by Crippen LogP contribution is -2.17. The summed E-state index contributed by atoms with van der Waals surface area (Å²) in [6.07, 6.45) is 3.58. The number of benzene rings is 1. The average molecular weight is 259 g/mol. The van der Waals surface area contributed by atoms with Gasteiger partial charge in [0, 0.05) is 25.5 Å². The Kier molecular flexibility index (Phi) is 4.47. The van der Waals surface area contributed by atoms with Crippen LogP contribution in [0.1, 0.15) is 12.5 Å². The lowest BCUT2D eigenvalue weighted by atomic mass is 10.2. The van der Waals surface area contributed by atoms with Gasteiger partial charge in [-0.1, -0.05) is 13.0 Å². The summed E-state index contributed by atoms with van der Waals surface area (Å²) in [6.45, 7) is 3.75. The Hall–Kier alpha value is -1.94. The van der Waals surface area contributed by atoms with Crippen molar-refractivity contribution in [2.75, 3.05) is 18.5 Å². The second-order valence-electron chi connectivity index (χ2n) is 4.32. The van der Waals surface area contributed by atoms with Crippen LogP contribution in [0.15, 0.2) is 42.7 Å². The molecule has 4 heteroatoms. The number of nitrogens with zero attached hydrogens (tertiary/aromatic N) is 2. The first-order valence-electron chi connectivity index (χ1n) is 6.35. The molecule has 0 aliphatic heterocycles. The Labute approximate surface area is 113 Å². The van der Waals surface area contributed by atoms with Crippen molar-refractivity contribution >= 4 is 11.4 Å². The Morgan fingerprint density at radius 2 is 2.16 bits per heavy atom. The summed E-state index contributed by atoms with van der Waals surface area (Å²) in [5, 5.41) is 3.29. The van der Waals surface area contributed by atoms with Crippen molar-refractivity contribution in [3.05, 3.63) is 54.1 Å². The minimum atomic E-state index is -0.235. The van der Waals surface area contributed by atoms with Gasteiger partial charge in [0.15, 0.2) is 0 Å². The fourth-order valence-electron chi connectivity index (χ4n) is 1.95. The van der Waals surface area contributed by atoms with E-state index in [0.29, 0.717) is 0 Å². The van der Waals surface area contributed by atoms with Crippen LogP contribution in [-0.4, -0.2) is 18.6 Å². The van der Waals surface area contributed by atoms with E-state index >= 15 is 0 Å². The summed E-state index contributed by atoms with van der Waals surface area (Å²) in [6, 6.07) is 8.53. The summed E-state index contributed by atoms with van der Waals surface area (Å²) in [4.78, 5) is 6.11. The normalized spacial score (nSPS) is 10.5. The van der Waals surface area contributed by atoms with Crippen LogP contribution in [0.4, 0.5) is 15.8 Å². The first-order chi connectivity index (χ1) is 9.22. The standard InChI is InChI=1S/C15H18FN3/c1-3-17-10-12-7-8-18-11-15(12)19(2)14-6-4-5-13(16)9-14/h4-9,11,17H,3,10H2,1-2H3. The number of anilines is 2. The second-order valence-corrected chi connectivity index (χ2v) is 4.32. The molecule has 0 saturated heterocycles. The van der Waals surface area contributed by atoms with Crippen LogP contribution in [0.2, 0.25) is 0 Å². The van der Waals surface area contributed by atoms with Gasteiger partial charge in [0.1, 0.15) is 5.82 Å². The van der Waals surface area contributed by atoms with E-state index in [9.17, 15) is 4.39 Å².